The van der Waals surface area contributed by atoms with E-state index in [4.69, 9.17) is 5.84 Å². The number of hydrogen-bond acceptors (Lipinski definition) is 3. The second kappa shape index (κ2) is 5.81. The molecular formula is C11H12BrF3N5+. The van der Waals surface area contributed by atoms with E-state index in [0.717, 1.165) is 21.8 Å². The summed E-state index contributed by atoms with van der Waals surface area (Å²) in [7, 11) is 0. The zero-order chi connectivity index (χ0) is 14.8. The second-order valence-corrected chi connectivity index (χ2v) is 4.85. The van der Waals surface area contributed by atoms with E-state index in [1.54, 1.807) is 0 Å². The third-order valence-electron chi connectivity index (χ3n) is 2.66. The molecule has 0 saturated heterocycles. The number of H-pyrrole nitrogens is 1. The number of anilines is 1. The Morgan fingerprint density at radius 1 is 1.40 bits per heavy atom. The van der Waals surface area contributed by atoms with Crippen LogP contribution in [-0.4, -0.2) is 10.2 Å². The summed E-state index contributed by atoms with van der Waals surface area (Å²) in [5.74, 6) is 5.63. The number of aromatic nitrogens is 2. The van der Waals surface area contributed by atoms with Crippen molar-refractivity contribution in [2.24, 2.45) is 5.84 Å². The van der Waals surface area contributed by atoms with Crippen LogP contribution < -0.4 is 16.6 Å². The lowest BCUT2D eigenvalue weighted by atomic mass is 10.2. The molecule has 2 aromatic rings. The summed E-state index contributed by atoms with van der Waals surface area (Å²) < 4.78 is 38.1. The van der Waals surface area contributed by atoms with Gasteiger partial charge in [0.15, 0.2) is 5.69 Å². The van der Waals surface area contributed by atoms with E-state index < -0.39 is 11.9 Å². The molecule has 0 bridgehead atoms. The minimum absolute atomic E-state index is 0.121. The normalized spacial score (nSPS) is 11.7. The molecule has 0 radical (unpaired) electrons. The number of alkyl halides is 3. The average Bonchev–Trinajstić information content (AvgIpc) is 2.85. The monoisotopic (exact) mass is 350 g/mol. The van der Waals surface area contributed by atoms with Gasteiger partial charge in [0.1, 0.15) is 11.5 Å². The summed E-state index contributed by atoms with van der Waals surface area (Å²) in [4.78, 5) is 0. The van der Waals surface area contributed by atoms with Gasteiger partial charge in [0.25, 0.3) is 0 Å². The molecule has 1 aromatic carbocycles. The Bertz CT molecular complexity index is 596. The van der Waals surface area contributed by atoms with Gasteiger partial charge in [-0.15, -0.1) is 0 Å². The summed E-state index contributed by atoms with van der Waals surface area (Å²) in [5, 5.41) is 8.33. The first kappa shape index (κ1) is 14.8. The fraction of sp³-hybridized carbons (Fsp3) is 0.182. The molecule has 0 fully saturated rings. The van der Waals surface area contributed by atoms with Crippen LogP contribution in [0.3, 0.4) is 0 Å². The van der Waals surface area contributed by atoms with Crippen LogP contribution in [0.5, 0.6) is 0 Å². The van der Waals surface area contributed by atoms with Crippen molar-refractivity contribution in [3.05, 3.63) is 40.0 Å². The van der Waals surface area contributed by atoms with Crippen LogP contribution in [-0.2, 0) is 12.7 Å². The molecule has 0 aliphatic heterocycles. The van der Waals surface area contributed by atoms with Crippen molar-refractivity contribution in [2.75, 3.05) is 5.32 Å². The lowest BCUT2D eigenvalue weighted by Gasteiger charge is -2.08. The molecular weight excluding hydrogens is 339 g/mol. The predicted molar refractivity (Wildman–Crippen MR) is 70.8 cm³/mol. The van der Waals surface area contributed by atoms with Crippen molar-refractivity contribution in [1.82, 2.24) is 10.2 Å². The van der Waals surface area contributed by atoms with Crippen molar-refractivity contribution in [1.29, 1.82) is 0 Å². The average molecular weight is 351 g/mol. The van der Waals surface area contributed by atoms with Crippen molar-refractivity contribution >= 4 is 27.4 Å². The first-order chi connectivity index (χ1) is 9.41. The van der Waals surface area contributed by atoms with Crippen molar-refractivity contribution in [2.45, 2.75) is 12.7 Å². The van der Waals surface area contributed by atoms with Gasteiger partial charge in [-0.05, 0) is 6.07 Å². The van der Waals surface area contributed by atoms with Gasteiger partial charge in [0.05, 0.1) is 0 Å². The summed E-state index contributed by atoms with van der Waals surface area (Å²) in [6.45, 7) is 0.298. The highest BCUT2D eigenvalue weighted by Crippen LogP contribution is 2.29. The molecule has 1 aromatic heterocycles. The largest absolute Gasteiger partial charge is 0.432 e. The third-order valence-corrected chi connectivity index (χ3v) is 3.41. The van der Waals surface area contributed by atoms with Crippen LogP contribution in [0.25, 0.3) is 0 Å². The molecule has 0 amide bonds. The van der Waals surface area contributed by atoms with Crippen LogP contribution in [0.15, 0.2) is 28.7 Å². The lowest BCUT2D eigenvalue weighted by Crippen LogP contribution is -2.85. The van der Waals surface area contributed by atoms with E-state index in [1.807, 2.05) is 23.3 Å². The Morgan fingerprint density at radius 2 is 2.15 bits per heavy atom. The second-order valence-electron chi connectivity index (χ2n) is 3.99. The molecule has 0 aliphatic carbocycles. The van der Waals surface area contributed by atoms with Crippen LogP contribution in [0.2, 0.25) is 0 Å². The fourth-order valence-corrected chi connectivity index (χ4v) is 2.18. The van der Waals surface area contributed by atoms with E-state index in [2.05, 4.69) is 26.3 Å². The summed E-state index contributed by atoms with van der Waals surface area (Å²) in [6, 6.07) is 6.38. The van der Waals surface area contributed by atoms with E-state index >= 15 is 0 Å². The van der Waals surface area contributed by atoms with E-state index in [9.17, 15) is 13.2 Å². The Labute approximate surface area is 120 Å². The molecule has 6 N–H and O–H groups in total. The first-order valence-electron chi connectivity index (χ1n) is 5.60. The number of nitrogens with one attached hydrogen (secondary N) is 2. The Morgan fingerprint density at radius 3 is 2.75 bits per heavy atom. The minimum atomic E-state index is -4.43. The number of aromatic amines is 1. The molecule has 0 aliphatic rings. The molecule has 5 nitrogen and oxygen atoms in total. The molecule has 20 heavy (non-hydrogen) atoms. The van der Waals surface area contributed by atoms with Gasteiger partial charge in [-0.1, -0.05) is 22.0 Å². The Kier molecular flexibility index (Phi) is 4.31. The van der Waals surface area contributed by atoms with E-state index in [0.29, 0.717) is 6.54 Å². The van der Waals surface area contributed by atoms with Crippen molar-refractivity contribution in [3.8, 4) is 0 Å². The van der Waals surface area contributed by atoms with E-state index in [-0.39, 0.29) is 5.82 Å². The summed E-state index contributed by atoms with van der Waals surface area (Å²) in [6.07, 6.45) is -4.43. The SMILES string of the molecule is N[NH2+]c1cccc(Br)c1CNc1cc(C(F)(F)F)[nH]n1. The van der Waals surface area contributed by atoms with Crippen LogP contribution in [0.4, 0.5) is 24.7 Å². The highest BCUT2D eigenvalue weighted by atomic mass is 79.9. The highest BCUT2D eigenvalue weighted by Gasteiger charge is 2.33. The number of nitrogens with two attached hydrogens (primary N) is 2. The van der Waals surface area contributed by atoms with Gasteiger partial charge in [-0.2, -0.15) is 24.1 Å². The predicted octanol–water partition coefficient (Wildman–Crippen LogP) is 1.87. The Hall–Kier alpha value is -1.58. The van der Waals surface area contributed by atoms with Gasteiger partial charge in [-0.3, -0.25) is 5.10 Å². The zero-order valence-electron chi connectivity index (χ0n) is 10.1. The van der Waals surface area contributed by atoms with Crippen molar-refractivity contribution in [3.63, 3.8) is 0 Å². The van der Waals surface area contributed by atoms with Gasteiger partial charge < -0.3 is 5.32 Å². The number of benzene rings is 1. The molecule has 2 rings (SSSR count). The molecule has 108 valence electrons. The third kappa shape index (κ3) is 3.30. The van der Waals surface area contributed by atoms with E-state index in [1.165, 1.54) is 5.43 Å². The van der Waals surface area contributed by atoms with Gasteiger partial charge in [-0.25, -0.2) is 5.43 Å². The van der Waals surface area contributed by atoms with Crippen LogP contribution in [0.1, 0.15) is 11.3 Å². The topological polar surface area (TPSA) is 83.3 Å². The van der Waals surface area contributed by atoms with Gasteiger partial charge in [0, 0.05) is 28.7 Å². The molecule has 0 saturated carbocycles. The maximum Gasteiger partial charge on any atom is 0.432 e. The highest BCUT2D eigenvalue weighted by molar-refractivity contribution is 9.10. The molecule has 9 heteroatoms. The van der Waals surface area contributed by atoms with Gasteiger partial charge in [0.2, 0.25) is 0 Å². The van der Waals surface area contributed by atoms with Crippen molar-refractivity contribution < 1.29 is 18.6 Å². The molecule has 1 heterocycles. The summed E-state index contributed by atoms with van der Waals surface area (Å²) >= 11 is 3.37. The number of quaternary nitrogens is 1. The Balaban J connectivity index is 2.11. The minimum Gasteiger partial charge on any atom is -0.364 e. The maximum absolute atomic E-state index is 12.4. The lowest BCUT2D eigenvalue weighted by molar-refractivity contribution is -0.584. The zero-order valence-corrected chi connectivity index (χ0v) is 11.7. The number of nitrogens with zero attached hydrogens (tertiary/aromatic N) is 1. The quantitative estimate of drug-likeness (QED) is 0.386. The standard InChI is InChI=1S/C11H11BrF3N5/c12-7-2-1-3-8(18-16)6(7)5-17-10-4-9(19-20-10)11(13,14)15/h1-4,18H,5,16H2,(H2,17,19,20)/p+1. The first-order valence-corrected chi connectivity index (χ1v) is 6.40. The number of halogens is 4. The van der Waals surface area contributed by atoms with Crippen LogP contribution >= 0.6 is 15.9 Å². The molecule has 0 spiro atoms. The molecule has 0 atom stereocenters. The van der Waals surface area contributed by atoms with Crippen LogP contribution in [0, 0.1) is 0 Å². The number of rotatable bonds is 4. The summed E-state index contributed by atoms with van der Waals surface area (Å²) in [5.41, 5.74) is 2.18. The molecule has 0 unspecified atom stereocenters. The smallest absolute Gasteiger partial charge is 0.364 e. The number of hydrogen-bond donors (Lipinski definition) is 4. The maximum atomic E-state index is 12.4. The van der Waals surface area contributed by atoms with Gasteiger partial charge >= 0.3 is 6.18 Å². The fourth-order valence-electron chi connectivity index (χ4n) is 1.65.